The van der Waals surface area contributed by atoms with Gasteiger partial charge in [-0.25, -0.2) is 0 Å². The summed E-state index contributed by atoms with van der Waals surface area (Å²) in [4.78, 5) is 37.4. The molecule has 0 aromatic heterocycles. The van der Waals surface area contributed by atoms with Crippen LogP contribution >= 0.6 is 0 Å². The summed E-state index contributed by atoms with van der Waals surface area (Å²) in [5.74, 6) is 2.68. The van der Waals surface area contributed by atoms with E-state index in [1.54, 1.807) is 13.8 Å². The highest BCUT2D eigenvalue weighted by Gasteiger charge is 2.72. The number of unbranched alkanes of at least 4 members (excludes halogenated alkanes) is 2. The van der Waals surface area contributed by atoms with Crippen LogP contribution in [-0.4, -0.2) is 37.0 Å². The molecule has 2 amide bonds. The van der Waals surface area contributed by atoms with Gasteiger partial charge in [0.1, 0.15) is 6.10 Å². The van der Waals surface area contributed by atoms with Gasteiger partial charge in [-0.05, 0) is 136 Å². The number of allylic oxidation sites excluding steroid dienone is 1. The molecule has 5 rings (SSSR count). The first kappa shape index (κ1) is 34.5. The van der Waals surface area contributed by atoms with E-state index in [1.165, 1.54) is 31.3 Å². The van der Waals surface area contributed by atoms with Crippen LogP contribution in [-0.2, 0) is 19.1 Å². The lowest BCUT2D eigenvalue weighted by Crippen LogP contribution is -2.67. The van der Waals surface area contributed by atoms with E-state index < -0.39 is 0 Å². The fourth-order valence-corrected chi connectivity index (χ4v) is 13.0. The molecule has 0 bridgehead atoms. The predicted molar refractivity (Wildman–Crippen MR) is 180 cm³/mol. The summed E-state index contributed by atoms with van der Waals surface area (Å²) in [6.45, 7) is 23.9. The minimum Gasteiger partial charge on any atom is -0.462 e. The van der Waals surface area contributed by atoms with Gasteiger partial charge in [0.2, 0.25) is 11.8 Å². The fourth-order valence-electron chi connectivity index (χ4n) is 13.0. The van der Waals surface area contributed by atoms with Gasteiger partial charge in [-0.15, -0.1) is 0 Å². The molecule has 5 fully saturated rings. The standard InChI is InChI=1S/C39H64N2O4/c1-25(2)28-15-20-39(34(44)41-24-12-10-11-23-40-26(3)42)22-21-37(8)29(33(28)39)13-14-31-36(7)18-17-32(45-27(4)43)35(5,6)30(36)16-19-38(31,37)9/h28-33H,1,10-24H2,2-9H3,(H,40,42)(H,41,44)/t28-,29+,30-,31+,32-,33+,36-,37+,38+,39-/m0/s1. The van der Waals surface area contributed by atoms with E-state index in [0.717, 1.165) is 64.3 Å². The topological polar surface area (TPSA) is 84.5 Å². The van der Waals surface area contributed by atoms with Crippen molar-refractivity contribution >= 4 is 17.8 Å². The smallest absolute Gasteiger partial charge is 0.302 e. The Balaban J connectivity index is 1.37. The lowest BCUT2D eigenvalue weighted by atomic mass is 9.32. The molecule has 5 saturated carbocycles. The molecule has 45 heavy (non-hydrogen) atoms. The third-order valence-corrected chi connectivity index (χ3v) is 15.3. The summed E-state index contributed by atoms with van der Waals surface area (Å²) in [6, 6.07) is 0. The van der Waals surface area contributed by atoms with Crippen molar-refractivity contribution in [3.63, 3.8) is 0 Å². The molecular formula is C39H64N2O4. The highest BCUT2D eigenvalue weighted by molar-refractivity contribution is 5.84. The van der Waals surface area contributed by atoms with Gasteiger partial charge in [-0.2, -0.15) is 0 Å². The molecule has 0 saturated heterocycles. The zero-order valence-electron chi connectivity index (χ0n) is 29.9. The predicted octanol–water partition coefficient (Wildman–Crippen LogP) is 8.00. The first-order chi connectivity index (χ1) is 21.0. The SMILES string of the molecule is C=C(C)[C@@H]1CC[C@]2(C(=O)NCCCCCNC(C)=O)CC[C@]3(C)[C@H](CC[C@@H]4[C@@]5(C)CC[C@H](OC(C)=O)C(C)(C)[C@@H]5CC[C@]43C)[C@@H]12. The zero-order valence-corrected chi connectivity index (χ0v) is 29.9. The highest BCUT2D eigenvalue weighted by Crippen LogP contribution is 2.77. The number of fused-ring (bicyclic) bond motifs is 7. The number of hydrogen-bond donors (Lipinski definition) is 2. The van der Waals surface area contributed by atoms with E-state index in [1.807, 2.05) is 0 Å². The monoisotopic (exact) mass is 624 g/mol. The molecule has 5 aliphatic rings. The first-order valence-corrected chi connectivity index (χ1v) is 18.4. The van der Waals surface area contributed by atoms with Gasteiger partial charge in [0.25, 0.3) is 0 Å². The minimum atomic E-state index is -0.279. The Hall–Kier alpha value is -1.85. The Morgan fingerprint density at radius 2 is 1.42 bits per heavy atom. The maximum Gasteiger partial charge on any atom is 0.302 e. The number of ether oxygens (including phenoxy) is 1. The lowest BCUT2D eigenvalue weighted by Gasteiger charge is -2.72. The molecule has 5 aliphatic carbocycles. The summed E-state index contributed by atoms with van der Waals surface area (Å²) in [6.07, 6.45) is 14.1. The average Bonchev–Trinajstić information content (AvgIpc) is 3.35. The van der Waals surface area contributed by atoms with Crippen molar-refractivity contribution in [1.29, 1.82) is 0 Å². The number of carbonyl (C=O) groups is 3. The molecule has 254 valence electrons. The van der Waals surface area contributed by atoms with Crippen molar-refractivity contribution < 1.29 is 19.1 Å². The number of nitrogens with one attached hydrogen (secondary N) is 2. The second-order valence-electron chi connectivity index (χ2n) is 17.6. The molecule has 6 heteroatoms. The van der Waals surface area contributed by atoms with Crippen LogP contribution in [0.1, 0.15) is 139 Å². The van der Waals surface area contributed by atoms with Gasteiger partial charge in [-0.1, -0.05) is 46.8 Å². The van der Waals surface area contributed by atoms with Gasteiger partial charge in [-0.3, -0.25) is 14.4 Å². The molecule has 6 nitrogen and oxygen atoms in total. The fraction of sp³-hybridized carbons (Fsp3) is 0.872. The van der Waals surface area contributed by atoms with Crippen LogP contribution in [0.3, 0.4) is 0 Å². The van der Waals surface area contributed by atoms with Crippen molar-refractivity contribution in [2.75, 3.05) is 13.1 Å². The number of amides is 2. The molecule has 0 aliphatic heterocycles. The van der Waals surface area contributed by atoms with Crippen LogP contribution in [0.25, 0.3) is 0 Å². The molecule has 0 radical (unpaired) electrons. The molecular weight excluding hydrogens is 560 g/mol. The van der Waals surface area contributed by atoms with E-state index >= 15 is 0 Å². The normalized spacial score (nSPS) is 43.1. The largest absolute Gasteiger partial charge is 0.462 e. The Morgan fingerprint density at radius 3 is 2.07 bits per heavy atom. The van der Waals surface area contributed by atoms with Crippen LogP contribution in [0.15, 0.2) is 12.2 Å². The third kappa shape index (κ3) is 5.50. The molecule has 0 heterocycles. The van der Waals surface area contributed by atoms with Crippen molar-refractivity contribution in [3.05, 3.63) is 12.2 Å². The summed E-state index contributed by atoms with van der Waals surface area (Å²) >= 11 is 0. The Kier molecular flexibility index (Phi) is 9.43. The van der Waals surface area contributed by atoms with Crippen LogP contribution in [0.5, 0.6) is 0 Å². The summed E-state index contributed by atoms with van der Waals surface area (Å²) in [7, 11) is 0. The molecule has 0 unspecified atom stereocenters. The Labute approximate surface area is 274 Å². The van der Waals surface area contributed by atoms with Crippen molar-refractivity contribution in [2.24, 2.45) is 56.7 Å². The molecule has 0 aromatic rings. The van der Waals surface area contributed by atoms with Gasteiger partial charge >= 0.3 is 5.97 Å². The van der Waals surface area contributed by atoms with Crippen LogP contribution < -0.4 is 10.6 Å². The maximum atomic E-state index is 14.3. The highest BCUT2D eigenvalue weighted by atomic mass is 16.5. The molecule has 10 atom stereocenters. The molecule has 2 N–H and O–H groups in total. The number of hydrogen-bond acceptors (Lipinski definition) is 4. The van der Waals surface area contributed by atoms with E-state index in [4.69, 9.17) is 4.74 Å². The number of esters is 1. The Morgan fingerprint density at radius 1 is 0.733 bits per heavy atom. The van der Waals surface area contributed by atoms with Crippen LogP contribution in [0, 0.1) is 56.7 Å². The van der Waals surface area contributed by atoms with Crippen molar-refractivity contribution in [3.8, 4) is 0 Å². The minimum absolute atomic E-state index is 0.00480. The van der Waals surface area contributed by atoms with E-state index in [2.05, 4.69) is 58.8 Å². The molecule has 0 aromatic carbocycles. The van der Waals surface area contributed by atoms with Gasteiger partial charge < -0.3 is 15.4 Å². The van der Waals surface area contributed by atoms with Gasteiger partial charge in [0.15, 0.2) is 0 Å². The van der Waals surface area contributed by atoms with Gasteiger partial charge in [0, 0.05) is 32.4 Å². The first-order valence-electron chi connectivity index (χ1n) is 18.4. The summed E-state index contributed by atoms with van der Waals surface area (Å²) < 4.78 is 5.94. The molecule has 0 spiro atoms. The number of rotatable bonds is 9. The second kappa shape index (κ2) is 12.3. The van der Waals surface area contributed by atoms with E-state index in [0.29, 0.717) is 42.0 Å². The third-order valence-electron chi connectivity index (χ3n) is 15.3. The maximum absolute atomic E-state index is 14.3. The number of carbonyl (C=O) groups excluding carboxylic acids is 3. The summed E-state index contributed by atoms with van der Waals surface area (Å²) in [5, 5.41) is 6.30. The van der Waals surface area contributed by atoms with Crippen LogP contribution in [0.4, 0.5) is 0 Å². The van der Waals surface area contributed by atoms with Crippen molar-refractivity contribution in [2.45, 2.75) is 145 Å². The zero-order chi connectivity index (χ0) is 33.0. The summed E-state index contributed by atoms with van der Waals surface area (Å²) in [5.41, 5.74) is 1.61. The second-order valence-corrected chi connectivity index (χ2v) is 17.6. The van der Waals surface area contributed by atoms with Crippen molar-refractivity contribution in [1.82, 2.24) is 10.6 Å². The van der Waals surface area contributed by atoms with E-state index in [9.17, 15) is 14.4 Å². The lowest BCUT2D eigenvalue weighted by molar-refractivity contribution is -0.248. The Bertz CT molecular complexity index is 1180. The van der Waals surface area contributed by atoms with E-state index in [-0.39, 0.29) is 45.1 Å². The quantitative estimate of drug-likeness (QED) is 0.155. The van der Waals surface area contributed by atoms with Crippen LogP contribution in [0.2, 0.25) is 0 Å². The average molecular weight is 625 g/mol. The van der Waals surface area contributed by atoms with Gasteiger partial charge in [0.05, 0.1) is 5.41 Å².